The number of hydrogen-bond acceptors (Lipinski definition) is 4. The van der Waals surface area contributed by atoms with Crippen LogP contribution in [0.15, 0.2) is 18.3 Å². The van der Waals surface area contributed by atoms with Gasteiger partial charge in [0, 0.05) is 45.1 Å². The van der Waals surface area contributed by atoms with Crippen molar-refractivity contribution in [3.63, 3.8) is 0 Å². The number of carbonyl (C=O) groups is 1. The van der Waals surface area contributed by atoms with Gasteiger partial charge in [0.2, 0.25) is 11.6 Å². The first-order valence-electron chi connectivity index (χ1n) is 9.20. The molecule has 3 aliphatic heterocycles. The fourth-order valence-corrected chi connectivity index (χ4v) is 4.60. The SMILES string of the molecule is [C-]#[N+]c1cccnc1N1CCC[C@]2(CCN(C3CCOCC3)C2=O)C1. The number of pyridine rings is 1. The van der Waals surface area contributed by atoms with E-state index in [1.165, 1.54) is 0 Å². The number of piperidine rings is 1. The van der Waals surface area contributed by atoms with E-state index in [-0.39, 0.29) is 5.41 Å². The Kier molecular flexibility index (Phi) is 4.34. The van der Waals surface area contributed by atoms with Crippen LogP contribution in [0.3, 0.4) is 0 Å². The molecule has 0 radical (unpaired) electrons. The molecule has 1 amide bonds. The molecule has 132 valence electrons. The van der Waals surface area contributed by atoms with E-state index in [0.29, 0.717) is 24.2 Å². The Hall–Kier alpha value is -2.13. The van der Waals surface area contributed by atoms with Gasteiger partial charge in [-0.1, -0.05) is 12.1 Å². The third kappa shape index (κ3) is 2.87. The maximum Gasteiger partial charge on any atom is 0.230 e. The van der Waals surface area contributed by atoms with Gasteiger partial charge in [-0.05, 0) is 32.1 Å². The minimum Gasteiger partial charge on any atom is -0.381 e. The van der Waals surface area contributed by atoms with E-state index in [1.54, 1.807) is 18.3 Å². The molecule has 3 aliphatic rings. The molecule has 0 saturated carbocycles. The van der Waals surface area contributed by atoms with Crippen molar-refractivity contribution in [2.75, 3.05) is 37.7 Å². The average Bonchev–Trinajstić information content (AvgIpc) is 2.98. The van der Waals surface area contributed by atoms with Gasteiger partial charge < -0.3 is 14.5 Å². The number of aromatic nitrogens is 1. The number of hydrogen-bond donors (Lipinski definition) is 0. The normalized spacial score (nSPS) is 27.7. The van der Waals surface area contributed by atoms with Crippen LogP contribution < -0.4 is 4.90 Å². The fourth-order valence-electron chi connectivity index (χ4n) is 4.60. The fraction of sp³-hybridized carbons (Fsp3) is 0.632. The van der Waals surface area contributed by atoms with Crippen LogP contribution >= 0.6 is 0 Å². The predicted octanol–water partition coefficient (Wildman–Crippen LogP) is 2.63. The molecule has 1 atom stereocenters. The van der Waals surface area contributed by atoms with Gasteiger partial charge in [-0.3, -0.25) is 9.78 Å². The molecule has 3 saturated heterocycles. The lowest BCUT2D eigenvalue weighted by molar-refractivity contribution is -0.139. The van der Waals surface area contributed by atoms with E-state index in [4.69, 9.17) is 11.3 Å². The highest BCUT2D eigenvalue weighted by atomic mass is 16.5. The second-order valence-electron chi connectivity index (χ2n) is 7.36. The number of likely N-dealkylation sites (tertiary alicyclic amines) is 1. The van der Waals surface area contributed by atoms with Crippen molar-refractivity contribution in [2.45, 2.75) is 38.1 Å². The highest BCUT2D eigenvalue weighted by molar-refractivity contribution is 5.86. The van der Waals surface area contributed by atoms with Crippen molar-refractivity contribution in [3.8, 4) is 0 Å². The van der Waals surface area contributed by atoms with Crippen LogP contribution in [0.25, 0.3) is 4.85 Å². The minimum absolute atomic E-state index is 0.298. The first kappa shape index (κ1) is 16.3. The predicted molar refractivity (Wildman–Crippen MR) is 94.6 cm³/mol. The first-order chi connectivity index (χ1) is 12.2. The Morgan fingerprint density at radius 1 is 1.28 bits per heavy atom. The summed E-state index contributed by atoms with van der Waals surface area (Å²) < 4.78 is 5.45. The maximum atomic E-state index is 13.3. The lowest BCUT2D eigenvalue weighted by atomic mass is 9.78. The van der Waals surface area contributed by atoms with Crippen LogP contribution in [0.4, 0.5) is 11.5 Å². The second-order valence-corrected chi connectivity index (χ2v) is 7.36. The van der Waals surface area contributed by atoms with E-state index in [1.807, 2.05) is 0 Å². The van der Waals surface area contributed by atoms with Gasteiger partial charge in [-0.25, -0.2) is 4.85 Å². The number of amides is 1. The van der Waals surface area contributed by atoms with Crippen LogP contribution in [-0.2, 0) is 9.53 Å². The third-order valence-corrected chi connectivity index (χ3v) is 5.94. The summed E-state index contributed by atoms with van der Waals surface area (Å²) in [7, 11) is 0. The van der Waals surface area contributed by atoms with Crippen LogP contribution in [0.1, 0.15) is 32.1 Å². The smallest absolute Gasteiger partial charge is 0.230 e. The molecule has 4 rings (SSSR count). The summed E-state index contributed by atoms with van der Waals surface area (Å²) in [4.78, 5) is 25.6. The number of nitrogens with zero attached hydrogens (tertiary/aromatic N) is 4. The zero-order valence-corrected chi connectivity index (χ0v) is 14.5. The molecule has 0 bridgehead atoms. The molecular weight excluding hydrogens is 316 g/mol. The Bertz CT molecular complexity index is 695. The summed E-state index contributed by atoms with van der Waals surface area (Å²) >= 11 is 0. The summed E-state index contributed by atoms with van der Waals surface area (Å²) in [5.41, 5.74) is 0.277. The van der Waals surface area contributed by atoms with Crippen molar-refractivity contribution in [1.82, 2.24) is 9.88 Å². The lowest BCUT2D eigenvalue weighted by Gasteiger charge is -2.41. The lowest BCUT2D eigenvalue weighted by Crippen LogP contribution is -2.50. The highest BCUT2D eigenvalue weighted by Gasteiger charge is 2.50. The Balaban J connectivity index is 1.54. The van der Waals surface area contributed by atoms with Crippen molar-refractivity contribution < 1.29 is 9.53 Å². The maximum absolute atomic E-state index is 13.3. The van der Waals surface area contributed by atoms with Gasteiger partial charge >= 0.3 is 0 Å². The zero-order valence-electron chi connectivity index (χ0n) is 14.5. The molecule has 0 unspecified atom stereocenters. The topological polar surface area (TPSA) is 50.0 Å². The molecule has 6 heteroatoms. The molecule has 1 aromatic rings. The first-order valence-corrected chi connectivity index (χ1v) is 9.20. The standard InChI is InChI=1S/C19H24N4O2/c1-20-16-4-2-9-21-17(16)22-10-3-7-19(14-22)8-11-23(18(19)24)15-5-12-25-13-6-15/h2,4,9,15H,3,5-8,10-14H2/t19-/m0/s1. The molecule has 0 aliphatic carbocycles. The number of anilines is 1. The van der Waals surface area contributed by atoms with Gasteiger partial charge in [-0.2, -0.15) is 0 Å². The Morgan fingerprint density at radius 2 is 2.12 bits per heavy atom. The Morgan fingerprint density at radius 3 is 2.92 bits per heavy atom. The monoisotopic (exact) mass is 340 g/mol. The molecule has 0 aromatic carbocycles. The zero-order chi connectivity index (χ0) is 17.3. The highest BCUT2D eigenvalue weighted by Crippen LogP contribution is 2.43. The van der Waals surface area contributed by atoms with Gasteiger partial charge in [0.25, 0.3) is 0 Å². The van der Waals surface area contributed by atoms with Crippen LogP contribution in [0.5, 0.6) is 0 Å². The van der Waals surface area contributed by atoms with Crippen molar-refractivity contribution in [1.29, 1.82) is 0 Å². The average molecular weight is 340 g/mol. The van der Waals surface area contributed by atoms with E-state index in [0.717, 1.165) is 64.2 Å². The van der Waals surface area contributed by atoms with E-state index < -0.39 is 0 Å². The quantitative estimate of drug-likeness (QED) is 0.777. The van der Waals surface area contributed by atoms with Gasteiger partial charge in [0.15, 0.2) is 0 Å². The molecule has 6 nitrogen and oxygen atoms in total. The van der Waals surface area contributed by atoms with Crippen molar-refractivity contribution in [2.24, 2.45) is 5.41 Å². The van der Waals surface area contributed by atoms with Crippen LogP contribution in [0, 0.1) is 12.0 Å². The van der Waals surface area contributed by atoms with Gasteiger partial charge in [-0.15, -0.1) is 0 Å². The molecule has 3 fully saturated rings. The van der Waals surface area contributed by atoms with E-state index in [9.17, 15) is 4.79 Å². The van der Waals surface area contributed by atoms with Crippen molar-refractivity contribution in [3.05, 3.63) is 29.7 Å². The number of rotatable bonds is 2. The summed E-state index contributed by atoms with van der Waals surface area (Å²) in [6.07, 6.45) is 6.47. The number of carbonyl (C=O) groups excluding carboxylic acids is 1. The van der Waals surface area contributed by atoms with Gasteiger partial charge in [0.05, 0.1) is 12.0 Å². The molecule has 25 heavy (non-hydrogen) atoms. The second kappa shape index (κ2) is 6.64. The minimum atomic E-state index is -0.298. The Labute approximate surface area is 148 Å². The molecule has 4 heterocycles. The summed E-state index contributed by atoms with van der Waals surface area (Å²) in [5.74, 6) is 1.04. The van der Waals surface area contributed by atoms with E-state index >= 15 is 0 Å². The molecular formula is C19H24N4O2. The summed E-state index contributed by atoms with van der Waals surface area (Å²) in [6.45, 7) is 11.3. The molecule has 1 spiro atoms. The third-order valence-electron chi connectivity index (χ3n) is 5.94. The molecule has 1 aromatic heterocycles. The largest absolute Gasteiger partial charge is 0.381 e. The summed E-state index contributed by atoms with van der Waals surface area (Å²) in [5, 5.41) is 0. The number of ether oxygens (including phenoxy) is 1. The van der Waals surface area contributed by atoms with E-state index in [2.05, 4.69) is 19.6 Å². The van der Waals surface area contributed by atoms with Crippen LogP contribution in [-0.4, -0.2) is 54.7 Å². The van der Waals surface area contributed by atoms with Crippen LogP contribution in [0.2, 0.25) is 0 Å². The molecule has 0 N–H and O–H groups in total. The summed E-state index contributed by atoms with van der Waals surface area (Å²) in [6, 6.07) is 3.94. The van der Waals surface area contributed by atoms with Gasteiger partial charge in [0.1, 0.15) is 5.82 Å². The van der Waals surface area contributed by atoms with Crippen molar-refractivity contribution >= 4 is 17.4 Å².